The third-order valence-corrected chi connectivity index (χ3v) is 4.66. The van der Waals surface area contributed by atoms with E-state index < -0.39 is 23.6 Å². The van der Waals surface area contributed by atoms with Crippen LogP contribution in [0.2, 0.25) is 0 Å². The summed E-state index contributed by atoms with van der Waals surface area (Å²) in [7, 11) is 0. The van der Waals surface area contributed by atoms with E-state index in [1.165, 1.54) is 12.1 Å². The molecule has 0 aliphatic carbocycles. The molecule has 0 radical (unpaired) electrons. The number of nitrogens with one attached hydrogen (secondary N) is 1. The molecule has 0 spiro atoms. The zero-order valence-corrected chi connectivity index (χ0v) is 14.9. The van der Waals surface area contributed by atoms with Gasteiger partial charge in [0.05, 0.1) is 11.5 Å². The van der Waals surface area contributed by atoms with Gasteiger partial charge in [0.2, 0.25) is 11.8 Å². The van der Waals surface area contributed by atoms with Gasteiger partial charge in [0.25, 0.3) is 0 Å². The van der Waals surface area contributed by atoms with Crippen LogP contribution < -0.4 is 10.2 Å². The highest BCUT2D eigenvalue weighted by atomic mass is 19.4. The minimum Gasteiger partial charge on any atom is -0.326 e. The van der Waals surface area contributed by atoms with E-state index in [9.17, 15) is 22.8 Å². The first-order valence-corrected chi connectivity index (χ1v) is 8.51. The minimum absolute atomic E-state index is 0.0264. The van der Waals surface area contributed by atoms with Crippen molar-refractivity contribution in [2.45, 2.75) is 26.4 Å². The highest BCUT2D eigenvalue weighted by Crippen LogP contribution is 2.33. The normalized spacial score (nSPS) is 17.3. The maximum Gasteiger partial charge on any atom is 0.416 e. The van der Waals surface area contributed by atoms with E-state index in [1.54, 1.807) is 4.90 Å². The monoisotopic (exact) mass is 376 g/mol. The van der Waals surface area contributed by atoms with E-state index in [0.29, 0.717) is 0 Å². The van der Waals surface area contributed by atoms with Crippen molar-refractivity contribution in [1.29, 1.82) is 0 Å². The van der Waals surface area contributed by atoms with Gasteiger partial charge in [-0.3, -0.25) is 9.59 Å². The fourth-order valence-electron chi connectivity index (χ4n) is 3.35. The van der Waals surface area contributed by atoms with Gasteiger partial charge < -0.3 is 10.2 Å². The lowest BCUT2D eigenvalue weighted by Crippen LogP contribution is -2.29. The van der Waals surface area contributed by atoms with Crippen molar-refractivity contribution in [2.24, 2.45) is 5.92 Å². The van der Waals surface area contributed by atoms with Gasteiger partial charge in [-0.05, 0) is 43.2 Å². The van der Waals surface area contributed by atoms with Crippen molar-refractivity contribution >= 4 is 23.2 Å². The number of hydrogen-bond donors (Lipinski definition) is 1. The average molecular weight is 376 g/mol. The summed E-state index contributed by atoms with van der Waals surface area (Å²) in [5.74, 6) is -1.25. The van der Waals surface area contributed by atoms with Crippen molar-refractivity contribution in [1.82, 2.24) is 0 Å². The Hall–Kier alpha value is -2.83. The van der Waals surface area contributed by atoms with Crippen LogP contribution in [0.5, 0.6) is 0 Å². The highest BCUT2D eigenvalue weighted by Gasteiger charge is 2.36. The van der Waals surface area contributed by atoms with Crippen LogP contribution in [0.15, 0.2) is 42.5 Å². The van der Waals surface area contributed by atoms with Crippen LogP contribution in [0.4, 0.5) is 24.5 Å². The third kappa shape index (κ3) is 3.97. The van der Waals surface area contributed by atoms with Crippen LogP contribution in [0, 0.1) is 19.8 Å². The van der Waals surface area contributed by atoms with Crippen LogP contribution in [0.3, 0.4) is 0 Å². The smallest absolute Gasteiger partial charge is 0.326 e. The SMILES string of the molecule is Cc1cccc(C)c1N1C[C@@H](C(=O)Nc2cccc(C(F)(F)F)c2)CC1=O. The Morgan fingerprint density at radius 2 is 1.74 bits per heavy atom. The second-order valence-corrected chi connectivity index (χ2v) is 6.71. The molecule has 1 saturated heterocycles. The lowest BCUT2D eigenvalue weighted by atomic mass is 10.1. The van der Waals surface area contributed by atoms with Gasteiger partial charge in [-0.2, -0.15) is 13.2 Å². The van der Waals surface area contributed by atoms with Crippen LogP contribution in [-0.4, -0.2) is 18.4 Å². The number of alkyl halides is 3. The molecule has 7 heteroatoms. The number of carbonyl (C=O) groups excluding carboxylic acids is 2. The van der Waals surface area contributed by atoms with E-state index in [1.807, 2.05) is 32.0 Å². The molecule has 3 rings (SSSR count). The summed E-state index contributed by atoms with van der Waals surface area (Å²) in [6, 6.07) is 10.1. The number of aryl methyl sites for hydroxylation is 2. The maximum atomic E-state index is 12.8. The van der Waals surface area contributed by atoms with Crippen molar-refractivity contribution in [2.75, 3.05) is 16.8 Å². The second kappa shape index (κ2) is 7.06. The number of amides is 2. The Morgan fingerprint density at radius 1 is 1.11 bits per heavy atom. The Balaban J connectivity index is 1.75. The largest absolute Gasteiger partial charge is 0.416 e. The Labute approximate surface area is 155 Å². The molecule has 0 saturated carbocycles. The number of benzene rings is 2. The zero-order chi connectivity index (χ0) is 19.8. The van der Waals surface area contributed by atoms with Crippen molar-refractivity contribution < 1.29 is 22.8 Å². The molecule has 2 aromatic rings. The molecule has 1 atom stereocenters. The summed E-state index contributed by atoms with van der Waals surface area (Å²) in [6.07, 6.45) is -4.46. The molecule has 27 heavy (non-hydrogen) atoms. The van der Waals surface area contributed by atoms with Gasteiger partial charge in [0.15, 0.2) is 0 Å². The molecular formula is C20H19F3N2O2. The van der Waals surface area contributed by atoms with E-state index >= 15 is 0 Å². The quantitative estimate of drug-likeness (QED) is 0.868. The molecule has 1 fully saturated rings. The lowest BCUT2D eigenvalue weighted by Gasteiger charge is -2.21. The van der Waals surface area contributed by atoms with Gasteiger partial charge in [-0.1, -0.05) is 24.3 Å². The predicted octanol–water partition coefficient (Wildman–Crippen LogP) is 4.31. The second-order valence-electron chi connectivity index (χ2n) is 6.71. The van der Waals surface area contributed by atoms with Crippen molar-refractivity contribution in [3.8, 4) is 0 Å². The molecule has 1 heterocycles. The van der Waals surface area contributed by atoms with Gasteiger partial charge in [0.1, 0.15) is 0 Å². The fraction of sp³-hybridized carbons (Fsp3) is 0.300. The average Bonchev–Trinajstić information content (AvgIpc) is 2.96. The summed E-state index contributed by atoms with van der Waals surface area (Å²) < 4.78 is 38.4. The summed E-state index contributed by atoms with van der Waals surface area (Å²) >= 11 is 0. The summed E-state index contributed by atoms with van der Waals surface area (Å²) in [5, 5.41) is 2.50. The molecule has 2 aromatic carbocycles. The van der Waals surface area contributed by atoms with E-state index in [-0.39, 0.29) is 24.6 Å². The maximum absolute atomic E-state index is 12.8. The Morgan fingerprint density at radius 3 is 2.37 bits per heavy atom. The molecule has 142 valence electrons. The number of para-hydroxylation sites is 1. The molecule has 0 unspecified atom stereocenters. The number of anilines is 2. The van der Waals surface area contributed by atoms with Crippen LogP contribution in [0.25, 0.3) is 0 Å². The molecule has 1 aliphatic rings. The number of halogens is 3. The number of hydrogen-bond acceptors (Lipinski definition) is 2. The number of rotatable bonds is 3. The van der Waals surface area contributed by atoms with Gasteiger partial charge >= 0.3 is 6.18 Å². The summed E-state index contributed by atoms with van der Waals surface area (Å²) in [6.45, 7) is 3.99. The predicted molar refractivity (Wildman–Crippen MR) is 96.4 cm³/mol. The van der Waals surface area contributed by atoms with Gasteiger partial charge in [-0.25, -0.2) is 0 Å². The zero-order valence-electron chi connectivity index (χ0n) is 14.9. The number of nitrogens with zero attached hydrogens (tertiary/aromatic N) is 1. The van der Waals surface area contributed by atoms with Crippen molar-refractivity contribution in [3.63, 3.8) is 0 Å². The summed E-state index contributed by atoms with van der Waals surface area (Å²) in [4.78, 5) is 26.5. The van der Waals surface area contributed by atoms with Crippen LogP contribution >= 0.6 is 0 Å². The first kappa shape index (κ1) is 18.9. The topological polar surface area (TPSA) is 49.4 Å². The molecule has 2 amide bonds. The molecule has 4 nitrogen and oxygen atoms in total. The molecular weight excluding hydrogens is 357 g/mol. The first-order valence-electron chi connectivity index (χ1n) is 8.51. The fourth-order valence-corrected chi connectivity index (χ4v) is 3.35. The molecule has 0 bridgehead atoms. The lowest BCUT2D eigenvalue weighted by molar-refractivity contribution is -0.137. The molecule has 1 N–H and O–H groups in total. The first-order chi connectivity index (χ1) is 12.7. The standard InChI is InChI=1S/C20H19F3N2O2/c1-12-5-3-6-13(2)18(12)25-11-14(9-17(25)26)19(27)24-16-8-4-7-15(10-16)20(21,22)23/h3-8,10,14H,9,11H2,1-2H3,(H,24,27)/t14-/m0/s1. The Kier molecular flexibility index (Phi) is 4.95. The van der Waals surface area contributed by atoms with Crippen LogP contribution in [-0.2, 0) is 15.8 Å². The molecule has 1 aliphatic heterocycles. The number of carbonyl (C=O) groups is 2. The van der Waals surface area contributed by atoms with Gasteiger partial charge in [-0.15, -0.1) is 0 Å². The van der Waals surface area contributed by atoms with E-state index in [4.69, 9.17) is 0 Å². The molecule has 0 aromatic heterocycles. The minimum atomic E-state index is -4.48. The van der Waals surface area contributed by atoms with Crippen LogP contribution in [0.1, 0.15) is 23.1 Å². The highest BCUT2D eigenvalue weighted by molar-refractivity contribution is 6.04. The third-order valence-electron chi connectivity index (χ3n) is 4.66. The Bertz CT molecular complexity index is 873. The van der Waals surface area contributed by atoms with Gasteiger partial charge in [0, 0.05) is 24.3 Å². The van der Waals surface area contributed by atoms with E-state index in [2.05, 4.69) is 5.32 Å². The van der Waals surface area contributed by atoms with Crippen molar-refractivity contribution in [3.05, 3.63) is 59.2 Å². The summed E-state index contributed by atoms with van der Waals surface area (Å²) in [5.41, 5.74) is 1.88. The van der Waals surface area contributed by atoms with E-state index in [0.717, 1.165) is 28.9 Å².